The summed E-state index contributed by atoms with van der Waals surface area (Å²) in [6.45, 7) is 7.33. The maximum Gasteiger partial charge on any atom is 0.254 e. The Hall–Kier alpha value is -1.39. The van der Waals surface area contributed by atoms with E-state index in [0.717, 1.165) is 18.7 Å². The Morgan fingerprint density at radius 2 is 2.05 bits per heavy atom. The molecule has 0 unspecified atom stereocenters. The Balaban J connectivity index is 1.77. The van der Waals surface area contributed by atoms with Crippen molar-refractivity contribution in [2.45, 2.75) is 31.9 Å². The maximum atomic E-state index is 12.7. The Morgan fingerprint density at radius 3 is 2.75 bits per heavy atom. The topological polar surface area (TPSA) is 41.6 Å². The van der Waals surface area contributed by atoms with E-state index in [2.05, 4.69) is 31.3 Å². The molecule has 0 spiro atoms. The lowest BCUT2D eigenvalue weighted by atomic mass is 10.0. The van der Waals surface area contributed by atoms with Crippen LogP contribution in [0.15, 0.2) is 24.3 Å². The first-order valence-corrected chi connectivity index (χ1v) is 7.40. The number of hydrogen-bond acceptors (Lipinski definition) is 3. The number of carbonyl (C=O) groups excluding carboxylic acids is 1. The smallest absolute Gasteiger partial charge is 0.254 e. The molecule has 4 nitrogen and oxygen atoms in total. The third-order valence-electron chi connectivity index (χ3n) is 4.28. The molecule has 2 saturated heterocycles. The van der Waals surface area contributed by atoms with Gasteiger partial charge in [0.15, 0.2) is 0 Å². The summed E-state index contributed by atoms with van der Waals surface area (Å²) in [7, 11) is 0. The average molecular weight is 274 g/mol. The first-order valence-electron chi connectivity index (χ1n) is 7.40. The number of rotatable bonds is 2. The van der Waals surface area contributed by atoms with E-state index in [0.29, 0.717) is 19.1 Å². The summed E-state index contributed by atoms with van der Waals surface area (Å²) in [6.07, 6.45) is 0.155. The molecule has 1 N–H and O–H groups in total. The molecule has 0 radical (unpaired) electrons. The first-order chi connectivity index (χ1) is 9.66. The third kappa shape index (κ3) is 2.45. The Labute approximate surface area is 120 Å². The van der Waals surface area contributed by atoms with Crippen LogP contribution in [-0.2, 0) is 4.74 Å². The number of amides is 1. The largest absolute Gasteiger partial charge is 0.373 e. The highest BCUT2D eigenvalue weighted by Crippen LogP contribution is 2.21. The molecule has 0 saturated carbocycles. The number of benzene rings is 1. The average Bonchev–Trinajstić information content (AvgIpc) is 2.95. The van der Waals surface area contributed by atoms with Crippen LogP contribution in [0.4, 0.5) is 0 Å². The monoisotopic (exact) mass is 274 g/mol. The quantitative estimate of drug-likeness (QED) is 0.891. The highest BCUT2D eigenvalue weighted by Gasteiger charge is 2.38. The molecule has 1 aromatic rings. The van der Waals surface area contributed by atoms with Crippen LogP contribution in [0, 0.1) is 0 Å². The minimum atomic E-state index is 0.127. The Bertz CT molecular complexity index is 484. The minimum absolute atomic E-state index is 0.127. The zero-order valence-electron chi connectivity index (χ0n) is 12.1. The van der Waals surface area contributed by atoms with Crippen LogP contribution in [-0.4, -0.2) is 49.2 Å². The molecule has 2 aliphatic rings. The number of morpholine rings is 1. The molecule has 0 bridgehead atoms. The number of nitrogens with zero attached hydrogens (tertiary/aromatic N) is 1. The second-order valence-corrected chi connectivity index (χ2v) is 5.91. The van der Waals surface area contributed by atoms with Gasteiger partial charge in [0, 0.05) is 25.2 Å². The van der Waals surface area contributed by atoms with Crippen LogP contribution in [0.1, 0.15) is 35.7 Å². The van der Waals surface area contributed by atoms with Gasteiger partial charge in [-0.15, -0.1) is 0 Å². The van der Waals surface area contributed by atoms with Gasteiger partial charge >= 0.3 is 0 Å². The van der Waals surface area contributed by atoms with Crippen molar-refractivity contribution < 1.29 is 9.53 Å². The number of carbonyl (C=O) groups is 1. The van der Waals surface area contributed by atoms with Gasteiger partial charge in [0.2, 0.25) is 0 Å². The van der Waals surface area contributed by atoms with Crippen molar-refractivity contribution >= 4 is 5.91 Å². The number of nitrogens with one attached hydrogen (secondary N) is 1. The number of ether oxygens (including phenoxy) is 1. The van der Waals surface area contributed by atoms with Crippen molar-refractivity contribution in [2.75, 3.05) is 26.2 Å². The van der Waals surface area contributed by atoms with Gasteiger partial charge in [-0.25, -0.2) is 0 Å². The Morgan fingerprint density at radius 1 is 1.30 bits per heavy atom. The lowest BCUT2D eigenvalue weighted by Crippen LogP contribution is -2.53. The predicted molar refractivity (Wildman–Crippen MR) is 78.0 cm³/mol. The zero-order chi connectivity index (χ0) is 14.1. The van der Waals surface area contributed by atoms with E-state index >= 15 is 0 Å². The molecule has 2 aliphatic heterocycles. The summed E-state index contributed by atoms with van der Waals surface area (Å²) in [4.78, 5) is 14.6. The van der Waals surface area contributed by atoms with E-state index in [1.807, 2.05) is 17.0 Å². The molecule has 0 aliphatic carbocycles. The van der Waals surface area contributed by atoms with Crippen LogP contribution in [0.2, 0.25) is 0 Å². The van der Waals surface area contributed by atoms with Crippen LogP contribution >= 0.6 is 0 Å². The second kappa shape index (κ2) is 5.54. The molecule has 1 amide bonds. The summed E-state index contributed by atoms with van der Waals surface area (Å²) in [5.74, 6) is 0.619. The fourth-order valence-corrected chi connectivity index (χ4v) is 3.02. The van der Waals surface area contributed by atoms with Gasteiger partial charge in [-0.1, -0.05) is 26.0 Å². The van der Waals surface area contributed by atoms with Gasteiger partial charge in [0.1, 0.15) is 0 Å². The molecule has 20 heavy (non-hydrogen) atoms. The van der Waals surface area contributed by atoms with E-state index in [4.69, 9.17) is 4.74 Å². The van der Waals surface area contributed by atoms with Gasteiger partial charge in [0.05, 0.1) is 18.8 Å². The normalized spacial score (nSPS) is 25.9. The standard InChI is InChI=1S/C16H22N2O2/c1-11(2)12-3-5-13(6-4-12)16(19)18-7-8-20-15-10-17-9-14(15)18/h3-6,11,14-15,17H,7-10H2,1-2H3/t14-,15-/m1/s1. The van der Waals surface area contributed by atoms with Crippen LogP contribution in [0.25, 0.3) is 0 Å². The number of hydrogen-bond donors (Lipinski definition) is 1. The molecule has 1 aromatic carbocycles. The van der Waals surface area contributed by atoms with Crippen molar-refractivity contribution in [1.29, 1.82) is 0 Å². The third-order valence-corrected chi connectivity index (χ3v) is 4.28. The van der Waals surface area contributed by atoms with E-state index in [9.17, 15) is 4.79 Å². The lowest BCUT2D eigenvalue weighted by Gasteiger charge is -2.37. The van der Waals surface area contributed by atoms with Gasteiger partial charge in [-0.3, -0.25) is 4.79 Å². The van der Waals surface area contributed by atoms with Gasteiger partial charge in [-0.05, 0) is 23.6 Å². The van der Waals surface area contributed by atoms with Crippen molar-refractivity contribution in [1.82, 2.24) is 10.2 Å². The van der Waals surface area contributed by atoms with E-state index < -0.39 is 0 Å². The maximum absolute atomic E-state index is 12.7. The fourth-order valence-electron chi connectivity index (χ4n) is 3.02. The summed E-state index contributed by atoms with van der Waals surface area (Å²) in [5.41, 5.74) is 2.05. The van der Waals surface area contributed by atoms with Gasteiger partial charge in [0.25, 0.3) is 5.91 Å². The van der Waals surface area contributed by atoms with Crippen molar-refractivity contribution in [3.05, 3.63) is 35.4 Å². The van der Waals surface area contributed by atoms with Crippen LogP contribution in [0.5, 0.6) is 0 Å². The minimum Gasteiger partial charge on any atom is -0.373 e. The summed E-state index contributed by atoms with van der Waals surface area (Å²) in [5, 5.41) is 3.31. The summed E-state index contributed by atoms with van der Waals surface area (Å²) < 4.78 is 5.71. The van der Waals surface area contributed by atoms with Crippen molar-refractivity contribution in [2.24, 2.45) is 0 Å². The molecular weight excluding hydrogens is 252 g/mol. The highest BCUT2D eigenvalue weighted by molar-refractivity contribution is 5.94. The lowest BCUT2D eigenvalue weighted by molar-refractivity contribution is -0.0364. The van der Waals surface area contributed by atoms with E-state index in [1.54, 1.807) is 0 Å². The van der Waals surface area contributed by atoms with Crippen molar-refractivity contribution in [3.63, 3.8) is 0 Å². The van der Waals surface area contributed by atoms with E-state index in [-0.39, 0.29) is 18.1 Å². The SMILES string of the molecule is CC(C)c1ccc(C(=O)N2CCO[C@@H]3CNC[C@H]32)cc1. The summed E-state index contributed by atoms with van der Waals surface area (Å²) >= 11 is 0. The highest BCUT2D eigenvalue weighted by atomic mass is 16.5. The van der Waals surface area contributed by atoms with Crippen molar-refractivity contribution in [3.8, 4) is 0 Å². The molecule has 2 fully saturated rings. The van der Waals surface area contributed by atoms with Gasteiger partial charge < -0.3 is 15.0 Å². The van der Waals surface area contributed by atoms with Crippen LogP contribution < -0.4 is 5.32 Å². The van der Waals surface area contributed by atoms with E-state index in [1.165, 1.54) is 5.56 Å². The second-order valence-electron chi connectivity index (χ2n) is 5.91. The molecule has 108 valence electrons. The van der Waals surface area contributed by atoms with Gasteiger partial charge in [-0.2, -0.15) is 0 Å². The first kappa shape index (κ1) is 13.6. The molecule has 2 heterocycles. The zero-order valence-corrected chi connectivity index (χ0v) is 12.1. The molecular formula is C16H22N2O2. The molecule has 2 atom stereocenters. The molecule has 4 heteroatoms. The molecule has 0 aromatic heterocycles. The summed E-state index contributed by atoms with van der Waals surface area (Å²) in [6, 6.07) is 8.20. The van der Waals surface area contributed by atoms with Crippen LogP contribution in [0.3, 0.4) is 0 Å². The fraction of sp³-hybridized carbons (Fsp3) is 0.562. The predicted octanol–water partition coefficient (Wildman–Crippen LogP) is 1.62. The molecule has 3 rings (SSSR count). The Kier molecular flexibility index (Phi) is 3.76. The number of fused-ring (bicyclic) bond motifs is 1.